The highest BCUT2D eigenvalue weighted by molar-refractivity contribution is 5.89. The number of carbonyl (C=O) groups is 1. The number of anilines is 1. The summed E-state index contributed by atoms with van der Waals surface area (Å²) in [6.45, 7) is 6.10. The minimum atomic E-state index is -0.0567. The second-order valence-electron chi connectivity index (χ2n) is 7.28. The summed E-state index contributed by atoms with van der Waals surface area (Å²) in [5.74, 6) is 1.52. The fourth-order valence-corrected chi connectivity index (χ4v) is 3.87. The van der Waals surface area contributed by atoms with Gasteiger partial charge in [-0.15, -0.1) is 0 Å². The molecular formula is C22H27N3O3. The summed E-state index contributed by atoms with van der Waals surface area (Å²) in [4.78, 5) is 17.6. The van der Waals surface area contributed by atoms with Crippen LogP contribution in [0, 0.1) is 0 Å². The topological polar surface area (TPSA) is 54.0 Å². The maximum atomic E-state index is 13.1. The average molecular weight is 381 g/mol. The predicted octanol–water partition coefficient (Wildman–Crippen LogP) is 3.93. The van der Waals surface area contributed by atoms with E-state index in [1.54, 1.807) is 0 Å². The first kappa shape index (κ1) is 18.6. The van der Waals surface area contributed by atoms with Crippen molar-refractivity contribution in [2.45, 2.75) is 32.4 Å². The van der Waals surface area contributed by atoms with E-state index in [9.17, 15) is 4.79 Å². The Balaban J connectivity index is 1.51. The van der Waals surface area contributed by atoms with Crippen molar-refractivity contribution in [3.8, 4) is 11.5 Å². The lowest BCUT2D eigenvalue weighted by atomic mass is 10.0. The van der Waals surface area contributed by atoms with E-state index in [0.29, 0.717) is 6.54 Å². The highest BCUT2D eigenvalue weighted by Gasteiger charge is 2.28. The fourth-order valence-electron chi connectivity index (χ4n) is 3.87. The van der Waals surface area contributed by atoms with Gasteiger partial charge in [0.1, 0.15) is 0 Å². The van der Waals surface area contributed by atoms with Crippen molar-refractivity contribution in [2.24, 2.45) is 0 Å². The monoisotopic (exact) mass is 381 g/mol. The van der Waals surface area contributed by atoms with Crippen molar-refractivity contribution in [2.75, 3.05) is 31.7 Å². The number of ether oxygens (including phenoxy) is 2. The normalized spacial score (nSPS) is 16.8. The maximum Gasteiger partial charge on any atom is 0.322 e. The number of likely N-dealkylation sites (tertiary alicyclic amines) is 1. The number of hydrogen-bond donors (Lipinski definition) is 1. The Labute approximate surface area is 166 Å². The van der Waals surface area contributed by atoms with Gasteiger partial charge in [-0.1, -0.05) is 31.2 Å². The Morgan fingerprint density at radius 1 is 1.11 bits per heavy atom. The molecule has 2 aliphatic heterocycles. The summed E-state index contributed by atoms with van der Waals surface area (Å²) in [6.07, 6.45) is 1.97. The van der Waals surface area contributed by atoms with Crippen LogP contribution in [0.3, 0.4) is 0 Å². The van der Waals surface area contributed by atoms with Crippen LogP contribution in [-0.4, -0.2) is 48.3 Å². The van der Waals surface area contributed by atoms with Crippen molar-refractivity contribution in [3.63, 3.8) is 0 Å². The number of rotatable bonds is 5. The Morgan fingerprint density at radius 3 is 2.61 bits per heavy atom. The molecule has 0 radical (unpaired) electrons. The third kappa shape index (κ3) is 4.22. The van der Waals surface area contributed by atoms with Crippen LogP contribution in [0.1, 0.15) is 25.3 Å². The molecule has 2 amide bonds. The van der Waals surface area contributed by atoms with Gasteiger partial charge >= 0.3 is 6.03 Å². The van der Waals surface area contributed by atoms with Crippen LogP contribution in [0.15, 0.2) is 48.5 Å². The van der Waals surface area contributed by atoms with Gasteiger partial charge in [0.15, 0.2) is 11.5 Å². The molecule has 0 aliphatic carbocycles. The number of amides is 2. The SMILES string of the molecule is CCN1CCC(N(Cc2ccc3c(c2)OCO3)C(=O)Nc2ccccc2)CC1. The number of nitrogens with zero attached hydrogens (tertiary/aromatic N) is 2. The first-order chi connectivity index (χ1) is 13.7. The Morgan fingerprint density at radius 2 is 1.86 bits per heavy atom. The van der Waals surface area contributed by atoms with E-state index in [1.807, 2.05) is 53.4 Å². The van der Waals surface area contributed by atoms with E-state index in [1.165, 1.54) is 0 Å². The van der Waals surface area contributed by atoms with Crippen molar-refractivity contribution in [3.05, 3.63) is 54.1 Å². The number of nitrogens with one attached hydrogen (secondary N) is 1. The minimum absolute atomic E-state index is 0.0567. The van der Waals surface area contributed by atoms with Gasteiger partial charge in [0.05, 0.1) is 0 Å². The molecule has 2 aromatic rings. The molecule has 6 nitrogen and oxygen atoms in total. The van der Waals surface area contributed by atoms with Gasteiger partial charge in [-0.05, 0) is 49.2 Å². The highest BCUT2D eigenvalue weighted by Crippen LogP contribution is 2.33. The van der Waals surface area contributed by atoms with Crippen LogP contribution in [-0.2, 0) is 6.54 Å². The van der Waals surface area contributed by atoms with E-state index >= 15 is 0 Å². The van der Waals surface area contributed by atoms with Gasteiger partial charge in [0.25, 0.3) is 0 Å². The van der Waals surface area contributed by atoms with Crippen molar-refractivity contribution in [1.82, 2.24) is 9.80 Å². The molecule has 28 heavy (non-hydrogen) atoms. The second-order valence-corrected chi connectivity index (χ2v) is 7.28. The average Bonchev–Trinajstić information content (AvgIpc) is 3.21. The molecule has 4 rings (SSSR count). The van der Waals surface area contributed by atoms with E-state index in [4.69, 9.17) is 9.47 Å². The number of urea groups is 1. The van der Waals surface area contributed by atoms with Gasteiger partial charge in [-0.2, -0.15) is 0 Å². The lowest BCUT2D eigenvalue weighted by Crippen LogP contribution is -2.48. The van der Waals surface area contributed by atoms with Crippen molar-refractivity contribution in [1.29, 1.82) is 0 Å². The number of benzene rings is 2. The summed E-state index contributed by atoms with van der Waals surface area (Å²) in [5.41, 5.74) is 1.86. The van der Waals surface area contributed by atoms with Crippen LogP contribution >= 0.6 is 0 Å². The van der Waals surface area contributed by atoms with E-state index in [0.717, 1.165) is 55.2 Å². The summed E-state index contributed by atoms with van der Waals surface area (Å²) < 4.78 is 10.9. The molecule has 2 aromatic carbocycles. The summed E-state index contributed by atoms with van der Waals surface area (Å²) in [7, 11) is 0. The molecule has 1 saturated heterocycles. The summed E-state index contributed by atoms with van der Waals surface area (Å²) >= 11 is 0. The zero-order chi connectivity index (χ0) is 19.3. The quantitative estimate of drug-likeness (QED) is 0.853. The van der Waals surface area contributed by atoms with E-state index in [-0.39, 0.29) is 18.9 Å². The summed E-state index contributed by atoms with van der Waals surface area (Å²) in [6, 6.07) is 15.7. The van der Waals surface area contributed by atoms with Crippen LogP contribution in [0.25, 0.3) is 0 Å². The zero-order valence-electron chi connectivity index (χ0n) is 16.3. The number of piperidine rings is 1. The van der Waals surface area contributed by atoms with E-state index in [2.05, 4.69) is 17.1 Å². The lowest BCUT2D eigenvalue weighted by Gasteiger charge is -2.38. The molecule has 0 atom stereocenters. The zero-order valence-corrected chi connectivity index (χ0v) is 16.3. The standard InChI is InChI=1S/C22H27N3O3/c1-2-24-12-10-19(11-13-24)25(22(26)23-18-6-4-3-5-7-18)15-17-8-9-20-21(14-17)28-16-27-20/h3-9,14,19H,2,10-13,15-16H2,1H3,(H,23,26). The number of hydrogen-bond acceptors (Lipinski definition) is 4. The molecule has 0 unspecified atom stereocenters. The Kier molecular flexibility index (Phi) is 5.67. The van der Waals surface area contributed by atoms with Crippen molar-refractivity contribution < 1.29 is 14.3 Å². The molecule has 2 aliphatic rings. The molecule has 0 aromatic heterocycles. The fraction of sp³-hybridized carbons (Fsp3) is 0.409. The molecule has 0 saturated carbocycles. The van der Waals surface area contributed by atoms with Gasteiger partial charge in [-0.25, -0.2) is 4.79 Å². The van der Waals surface area contributed by atoms with Gasteiger partial charge in [0, 0.05) is 31.4 Å². The van der Waals surface area contributed by atoms with Gasteiger partial charge in [0.2, 0.25) is 6.79 Å². The third-order valence-electron chi connectivity index (χ3n) is 5.52. The van der Waals surface area contributed by atoms with Crippen LogP contribution in [0.2, 0.25) is 0 Å². The number of fused-ring (bicyclic) bond motifs is 1. The van der Waals surface area contributed by atoms with E-state index < -0.39 is 0 Å². The summed E-state index contributed by atoms with van der Waals surface area (Å²) in [5, 5.41) is 3.05. The minimum Gasteiger partial charge on any atom is -0.454 e. The molecular weight excluding hydrogens is 354 g/mol. The molecule has 148 valence electrons. The third-order valence-corrected chi connectivity index (χ3v) is 5.52. The number of para-hydroxylation sites is 1. The first-order valence-electron chi connectivity index (χ1n) is 9.96. The van der Waals surface area contributed by atoms with Crippen LogP contribution in [0.4, 0.5) is 10.5 Å². The molecule has 1 fully saturated rings. The largest absolute Gasteiger partial charge is 0.454 e. The molecule has 2 heterocycles. The highest BCUT2D eigenvalue weighted by atomic mass is 16.7. The smallest absolute Gasteiger partial charge is 0.322 e. The van der Waals surface area contributed by atoms with Gasteiger partial charge in [-0.3, -0.25) is 0 Å². The lowest BCUT2D eigenvalue weighted by molar-refractivity contribution is 0.126. The Bertz CT molecular complexity index is 804. The first-order valence-corrected chi connectivity index (χ1v) is 9.96. The van der Waals surface area contributed by atoms with Crippen LogP contribution < -0.4 is 14.8 Å². The Hall–Kier alpha value is -2.73. The molecule has 1 N–H and O–H groups in total. The second kappa shape index (κ2) is 8.52. The van der Waals surface area contributed by atoms with Gasteiger partial charge < -0.3 is 24.6 Å². The molecule has 6 heteroatoms. The number of carbonyl (C=O) groups excluding carboxylic acids is 1. The molecule has 0 bridgehead atoms. The van der Waals surface area contributed by atoms with Crippen molar-refractivity contribution >= 4 is 11.7 Å². The molecule has 0 spiro atoms. The predicted molar refractivity (Wildman–Crippen MR) is 109 cm³/mol. The maximum absolute atomic E-state index is 13.1. The van der Waals surface area contributed by atoms with Crippen LogP contribution in [0.5, 0.6) is 11.5 Å².